The minimum Gasteiger partial charge on any atom is -0.383 e. The van der Waals surface area contributed by atoms with Gasteiger partial charge in [0.25, 0.3) is 0 Å². The fraction of sp³-hybridized carbons (Fsp3) is 0.650. The molecule has 2 aliphatic rings. The smallest absolute Gasteiger partial charge is 0.191 e. The van der Waals surface area contributed by atoms with Gasteiger partial charge in [-0.2, -0.15) is 0 Å². The molecule has 0 unspecified atom stereocenters. The zero-order valence-corrected chi connectivity index (χ0v) is 14.9. The Kier molecular flexibility index (Phi) is 6.13. The number of hydrogen-bond donors (Lipinski definition) is 2. The van der Waals surface area contributed by atoms with Crippen molar-refractivity contribution in [1.82, 2.24) is 10.6 Å². The molecule has 4 nitrogen and oxygen atoms in total. The number of benzene rings is 1. The number of methoxy groups -OCH3 is 1. The highest BCUT2D eigenvalue weighted by molar-refractivity contribution is 5.80. The topological polar surface area (TPSA) is 45.6 Å². The third kappa shape index (κ3) is 4.73. The normalized spacial score (nSPS) is 20.6. The fourth-order valence-electron chi connectivity index (χ4n) is 3.58. The molecule has 4 heteroatoms. The standard InChI is InChI=1S/C20H31N3O/c1-24-15-14-21-19(23-18-10-6-3-7-11-18)22-16-20(12-13-20)17-8-4-2-5-9-17/h2,4-5,8-9,18H,3,6-7,10-16H2,1H3,(H2,21,22,23). The van der Waals surface area contributed by atoms with Crippen LogP contribution in [0.4, 0.5) is 0 Å². The van der Waals surface area contributed by atoms with Crippen LogP contribution >= 0.6 is 0 Å². The Hall–Kier alpha value is -1.55. The van der Waals surface area contributed by atoms with E-state index in [9.17, 15) is 0 Å². The molecule has 2 N–H and O–H groups in total. The van der Waals surface area contributed by atoms with E-state index < -0.39 is 0 Å². The van der Waals surface area contributed by atoms with Crippen LogP contribution in [0, 0.1) is 0 Å². The van der Waals surface area contributed by atoms with E-state index in [1.54, 1.807) is 7.11 Å². The lowest BCUT2D eigenvalue weighted by atomic mass is 9.95. The first-order valence-corrected chi connectivity index (χ1v) is 9.42. The van der Waals surface area contributed by atoms with E-state index in [0.29, 0.717) is 12.6 Å². The Labute approximate surface area is 146 Å². The van der Waals surface area contributed by atoms with Gasteiger partial charge < -0.3 is 15.4 Å². The summed E-state index contributed by atoms with van der Waals surface area (Å²) >= 11 is 0. The van der Waals surface area contributed by atoms with Crippen LogP contribution in [0.25, 0.3) is 0 Å². The fourth-order valence-corrected chi connectivity index (χ4v) is 3.58. The summed E-state index contributed by atoms with van der Waals surface area (Å²) < 4.78 is 5.16. The summed E-state index contributed by atoms with van der Waals surface area (Å²) in [4.78, 5) is 4.94. The Morgan fingerprint density at radius 3 is 2.58 bits per heavy atom. The largest absolute Gasteiger partial charge is 0.383 e. The van der Waals surface area contributed by atoms with Gasteiger partial charge in [0, 0.05) is 25.1 Å². The average molecular weight is 329 g/mol. The molecule has 1 aromatic carbocycles. The van der Waals surface area contributed by atoms with Gasteiger partial charge in [0.05, 0.1) is 13.2 Å². The molecule has 24 heavy (non-hydrogen) atoms. The molecule has 0 bridgehead atoms. The molecule has 0 radical (unpaired) electrons. The minimum absolute atomic E-state index is 0.268. The summed E-state index contributed by atoms with van der Waals surface area (Å²) in [6, 6.07) is 11.4. The Bertz CT molecular complexity index is 519. The monoisotopic (exact) mass is 329 g/mol. The van der Waals surface area contributed by atoms with E-state index in [0.717, 1.165) is 19.0 Å². The minimum atomic E-state index is 0.268. The molecule has 0 amide bonds. The lowest BCUT2D eigenvalue weighted by Gasteiger charge is -2.25. The average Bonchev–Trinajstić information content (AvgIpc) is 3.43. The lowest BCUT2D eigenvalue weighted by molar-refractivity contribution is 0.203. The van der Waals surface area contributed by atoms with Crippen molar-refractivity contribution in [3.63, 3.8) is 0 Å². The molecule has 0 saturated heterocycles. The van der Waals surface area contributed by atoms with Crippen LogP contribution in [0.5, 0.6) is 0 Å². The Balaban J connectivity index is 1.61. The van der Waals surface area contributed by atoms with Crippen LogP contribution in [0.3, 0.4) is 0 Å². The zero-order valence-electron chi connectivity index (χ0n) is 14.9. The SMILES string of the molecule is COCCNC(=NCC1(c2ccccc2)CC1)NC1CCCCC1. The lowest BCUT2D eigenvalue weighted by Crippen LogP contribution is -2.45. The van der Waals surface area contributed by atoms with Crippen LogP contribution in [-0.2, 0) is 10.2 Å². The molecule has 1 aromatic rings. The van der Waals surface area contributed by atoms with Crippen molar-refractivity contribution in [2.45, 2.75) is 56.4 Å². The molecule has 0 aliphatic heterocycles. The van der Waals surface area contributed by atoms with Gasteiger partial charge in [0.1, 0.15) is 0 Å². The summed E-state index contributed by atoms with van der Waals surface area (Å²) in [5.74, 6) is 0.959. The van der Waals surface area contributed by atoms with Crippen molar-refractivity contribution < 1.29 is 4.74 Å². The zero-order chi connectivity index (χ0) is 16.7. The maximum Gasteiger partial charge on any atom is 0.191 e. The van der Waals surface area contributed by atoms with Gasteiger partial charge in [-0.3, -0.25) is 4.99 Å². The van der Waals surface area contributed by atoms with Gasteiger partial charge in [-0.25, -0.2) is 0 Å². The highest BCUT2D eigenvalue weighted by Gasteiger charge is 2.44. The summed E-state index contributed by atoms with van der Waals surface area (Å²) in [5.41, 5.74) is 1.70. The molecule has 2 aliphatic carbocycles. The first-order valence-electron chi connectivity index (χ1n) is 9.42. The molecular formula is C20H31N3O. The van der Waals surface area contributed by atoms with E-state index >= 15 is 0 Å². The van der Waals surface area contributed by atoms with Gasteiger partial charge in [-0.05, 0) is 31.2 Å². The number of aliphatic imine (C=N–C) groups is 1. The van der Waals surface area contributed by atoms with Gasteiger partial charge in [-0.15, -0.1) is 0 Å². The van der Waals surface area contributed by atoms with Crippen molar-refractivity contribution in [3.8, 4) is 0 Å². The number of ether oxygens (including phenoxy) is 1. The van der Waals surface area contributed by atoms with Crippen LogP contribution < -0.4 is 10.6 Å². The first-order chi connectivity index (χ1) is 11.8. The molecule has 0 aromatic heterocycles. The second-order valence-electron chi connectivity index (χ2n) is 7.21. The Morgan fingerprint density at radius 1 is 1.17 bits per heavy atom. The van der Waals surface area contributed by atoms with E-state index in [1.807, 2.05) is 0 Å². The molecule has 2 fully saturated rings. The Morgan fingerprint density at radius 2 is 1.92 bits per heavy atom. The van der Waals surface area contributed by atoms with Crippen molar-refractivity contribution in [1.29, 1.82) is 0 Å². The highest BCUT2D eigenvalue weighted by atomic mass is 16.5. The summed E-state index contributed by atoms with van der Waals surface area (Å²) in [6.45, 7) is 2.37. The van der Waals surface area contributed by atoms with E-state index in [4.69, 9.17) is 9.73 Å². The first kappa shape index (κ1) is 17.3. The van der Waals surface area contributed by atoms with E-state index in [1.165, 1.54) is 50.5 Å². The molecule has 0 heterocycles. The number of guanidine groups is 1. The molecule has 0 spiro atoms. The molecular weight excluding hydrogens is 298 g/mol. The number of rotatable bonds is 7. The predicted octanol–water partition coefficient (Wildman–Crippen LogP) is 3.23. The maximum absolute atomic E-state index is 5.16. The van der Waals surface area contributed by atoms with Gasteiger partial charge in [0.15, 0.2) is 5.96 Å². The van der Waals surface area contributed by atoms with E-state index in [2.05, 4.69) is 41.0 Å². The van der Waals surface area contributed by atoms with Crippen LogP contribution in [0.2, 0.25) is 0 Å². The molecule has 3 rings (SSSR count). The predicted molar refractivity (Wildman–Crippen MR) is 99.5 cm³/mol. The number of nitrogens with one attached hydrogen (secondary N) is 2. The summed E-state index contributed by atoms with van der Waals surface area (Å²) in [6.07, 6.45) is 9.04. The van der Waals surface area contributed by atoms with Crippen LogP contribution in [-0.4, -0.2) is 38.8 Å². The van der Waals surface area contributed by atoms with Crippen molar-refractivity contribution >= 4 is 5.96 Å². The third-order valence-electron chi connectivity index (χ3n) is 5.32. The van der Waals surface area contributed by atoms with Crippen molar-refractivity contribution in [3.05, 3.63) is 35.9 Å². The second kappa shape index (κ2) is 8.52. The molecule has 0 atom stereocenters. The van der Waals surface area contributed by atoms with Crippen LogP contribution in [0.15, 0.2) is 35.3 Å². The highest BCUT2D eigenvalue weighted by Crippen LogP contribution is 2.48. The number of nitrogens with zero attached hydrogens (tertiary/aromatic N) is 1. The maximum atomic E-state index is 5.16. The van der Waals surface area contributed by atoms with Gasteiger partial charge in [0.2, 0.25) is 0 Å². The summed E-state index contributed by atoms with van der Waals surface area (Å²) in [5, 5.41) is 7.08. The quantitative estimate of drug-likeness (QED) is 0.459. The number of hydrogen-bond acceptors (Lipinski definition) is 2. The van der Waals surface area contributed by atoms with Crippen molar-refractivity contribution in [2.24, 2.45) is 4.99 Å². The van der Waals surface area contributed by atoms with Crippen LogP contribution in [0.1, 0.15) is 50.5 Å². The van der Waals surface area contributed by atoms with Crippen molar-refractivity contribution in [2.75, 3.05) is 26.8 Å². The van der Waals surface area contributed by atoms with Gasteiger partial charge in [-0.1, -0.05) is 49.6 Å². The van der Waals surface area contributed by atoms with E-state index in [-0.39, 0.29) is 5.41 Å². The molecule has 132 valence electrons. The molecule has 2 saturated carbocycles. The van der Waals surface area contributed by atoms with Gasteiger partial charge >= 0.3 is 0 Å². The second-order valence-corrected chi connectivity index (χ2v) is 7.21. The summed E-state index contributed by atoms with van der Waals surface area (Å²) in [7, 11) is 1.74. The third-order valence-corrected chi connectivity index (χ3v) is 5.32.